The third kappa shape index (κ3) is 2.52. The van der Waals surface area contributed by atoms with Crippen LogP contribution < -0.4 is 11.2 Å². The number of carbonyl (C=O) groups is 1. The van der Waals surface area contributed by atoms with E-state index in [0.717, 1.165) is 27.2 Å². The Morgan fingerprint density at radius 2 is 1.70 bits per heavy atom. The van der Waals surface area contributed by atoms with E-state index in [4.69, 9.17) is 0 Å². The lowest BCUT2D eigenvalue weighted by Gasteiger charge is -2.12. The summed E-state index contributed by atoms with van der Waals surface area (Å²) in [6.45, 7) is 10.9. The fourth-order valence-electron chi connectivity index (χ4n) is 3.91. The van der Waals surface area contributed by atoms with Crippen molar-refractivity contribution in [3.8, 4) is 5.69 Å². The van der Waals surface area contributed by atoms with E-state index in [1.54, 1.807) is 18.4 Å². The van der Waals surface area contributed by atoms with E-state index in [0.29, 0.717) is 16.9 Å². The summed E-state index contributed by atoms with van der Waals surface area (Å²) in [7, 11) is 1.57. The molecule has 4 rings (SSSR count). The summed E-state index contributed by atoms with van der Waals surface area (Å²) in [6.07, 6.45) is 0. The van der Waals surface area contributed by atoms with Crippen LogP contribution in [-0.2, 0) is 11.8 Å². The van der Waals surface area contributed by atoms with Gasteiger partial charge in [-0.3, -0.25) is 23.1 Å². The zero-order valence-corrected chi connectivity index (χ0v) is 18.3. The number of carbonyl (C=O) groups excluding carboxylic acids is 1. The number of fused-ring (bicyclic) bond motifs is 3. The third-order valence-corrected chi connectivity index (χ3v) is 6.19. The van der Waals surface area contributed by atoms with Crippen LogP contribution in [0.15, 0.2) is 27.8 Å². The summed E-state index contributed by atoms with van der Waals surface area (Å²) in [5, 5.41) is 0. The number of imidazole rings is 2. The quantitative estimate of drug-likeness (QED) is 0.522. The summed E-state index contributed by atoms with van der Waals surface area (Å²) >= 11 is 0. The van der Waals surface area contributed by atoms with Gasteiger partial charge in [0.25, 0.3) is 5.56 Å². The van der Waals surface area contributed by atoms with Crippen molar-refractivity contribution in [3.63, 3.8) is 0 Å². The van der Waals surface area contributed by atoms with Crippen molar-refractivity contribution in [1.82, 2.24) is 23.1 Å². The van der Waals surface area contributed by atoms with Gasteiger partial charge in [-0.2, -0.15) is 4.98 Å². The molecular weight excluding hydrogens is 382 g/mol. The smallest absolute Gasteiger partial charge is 0.298 e. The van der Waals surface area contributed by atoms with E-state index < -0.39 is 17.3 Å². The second kappa shape index (κ2) is 6.55. The molecule has 30 heavy (non-hydrogen) atoms. The highest BCUT2D eigenvalue weighted by Gasteiger charge is 2.25. The molecule has 3 aromatic heterocycles. The highest BCUT2D eigenvalue weighted by molar-refractivity contribution is 5.81. The zero-order valence-electron chi connectivity index (χ0n) is 18.3. The minimum absolute atomic E-state index is 0.255. The molecule has 1 atom stereocenters. The first kappa shape index (κ1) is 19.9. The number of benzene rings is 1. The number of Topliss-reactive ketones (excluding diaryl/α,β-unsaturated/α-hetero) is 1. The van der Waals surface area contributed by atoms with Crippen LogP contribution in [0.5, 0.6) is 0 Å². The Kier molecular flexibility index (Phi) is 4.34. The number of aromatic nitrogens is 5. The molecule has 0 radical (unpaired) electrons. The molecule has 8 nitrogen and oxygen atoms in total. The monoisotopic (exact) mass is 407 g/mol. The summed E-state index contributed by atoms with van der Waals surface area (Å²) in [5.41, 5.74) is 4.60. The molecule has 0 bridgehead atoms. The lowest BCUT2D eigenvalue weighted by atomic mass is 10.1. The van der Waals surface area contributed by atoms with Crippen molar-refractivity contribution in [3.05, 3.63) is 61.6 Å². The molecule has 1 unspecified atom stereocenters. The maximum absolute atomic E-state index is 13.4. The van der Waals surface area contributed by atoms with Crippen molar-refractivity contribution in [1.29, 1.82) is 0 Å². The van der Waals surface area contributed by atoms with Gasteiger partial charge in [0.1, 0.15) is 0 Å². The first-order valence-corrected chi connectivity index (χ1v) is 9.86. The lowest BCUT2D eigenvalue weighted by molar-refractivity contribution is -0.119. The molecule has 1 aromatic carbocycles. The second-order valence-electron chi connectivity index (χ2n) is 8.00. The Labute approximate surface area is 173 Å². The van der Waals surface area contributed by atoms with Crippen LogP contribution >= 0.6 is 0 Å². The molecule has 0 saturated carbocycles. The summed E-state index contributed by atoms with van der Waals surface area (Å²) in [5.74, 6) is 0.304. The van der Waals surface area contributed by atoms with Crippen molar-refractivity contribution >= 4 is 22.7 Å². The molecular formula is C22H25N5O3. The van der Waals surface area contributed by atoms with E-state index in [2.05, 4.69) is 31.0 Å². The van der Waals surface area contributed by atoms with Crippen molar-refractivity contribution in [2.24, 2.45) is 7.05 Å². The molecule has 0 saturated heterocycles. The summed E-state index contributed by atoms with van der Waals surface area (Å²) < 4.78 is 6.12. The second-order valence-corrected chi connectivity index (χ2v) is 8.00. The normalized spacial score (nSPS) is 12.8. The van der Waals surface area contributed by atoms with E-state index >= 15 is 0 Å². The van der Waals surface area contributed by atoms with Crippen LogP contribution in [0.25, 0.3) is 22.6 Å². The number of hydrogen-bond donors (Lipinski definition) is 0. The molecule has 0 N–H and O–H groups in total. The molecule has 0 spiro atoms. The average molecular weight is 407 g/mol. The number of aryl methyl sites for hydroxylation is 4. The lowest BCUT2D eigenvalue weighted by Crippen LogP contribution is -2.42. The van der Waals surface area contributed by atoms with E-state index in [1.807, 2.05) is 24.5 Å². The fourth-order valence-corrected chi connectivity index (χ4v) is 3.91. The maximum atomic E-state index is 13.4. The van der Waals surface area contributed by atoms with Gasteiger partial charge in [0, 0.05) is 24.1 Å². The van der Waals surface area contributed by atoms with Crippen LogP contribution in [0.2, 0.25) is 0 Å². The van der Waals surface area contributed by atoms with Gasteiger partial charge >= 0.3 is 5.69 Å². The highest BCUT2D eigenvalue weighted by Crippen LogP contribution is 2.25. The number of hydrogen-bond acceptors (Lipinski definition) is 4. The fraction of sp³-hybridized carbons (Fsp3) is 0.364. The van der Waals surface area contributed by atoms with E-state index in [1.165, 1.54) is 17.1 Å². The zero-order chi connectivity index (χ0) is 22.1. The minimum Gasteiger partial charge on any atom is -0.298 e. The molecule has 0 aliphatic rings. The largest absolute Gasteiger partial charge is 0.333 e. The van der Waals surface area contributed by atoms with E-state index in [-0.39, 0.29) is 5.78 Å². The Morgan fingerprint density at radius 3 is 2.30 bits per heavy atom. The maximum Gasteiger partial charge on any atom is 0.333 e. The van der Waals surface area contributed by atoms with Crippen LogP contribution in [-0.4, -0.2) is 28.9 Å². The molecule has 4 aromatic rings. The topological polar surface area (TPSA) is 83.3 Å². The van der Waals surface area contributed by atoms with Gasteiger partial charge in [-0.25, -0.2) is 9.36 Å². The molecule has 0 amide bonds. The average Bonchev–Trinajstić information content (AvgIpc) is 3.18. The van der Waals surface area contributed by atoms with E-state index in [9.17, 15) is 14.4 Å². The standard InChI is InChI=1S/C22H25N5O3/c1-11-8-9-17(10-12(11)2)25-13(3)14(4)26-18-19(23-21(25)26)24(7)22(30)27(20(18)29)15(5)16(6)28/h8-10,15H,1-7H3. The Balaban J connectivity index is 2.19. The van der Waals surface area contributed by atoms with Crippen LogP contribution in [0.3, 0.4) is 0 Å². The highest BCUT2D eigenvalue weighted by atomic mass is 16.2. The van der Waals surface area contributed by atoms with Gasteiger partial charge in [-0.15, -0.1) is 0 Å². The van der Waals surface area contributed by atoms with Gasteiger partial charge in [-0.05, 0) is 64.8 Å². The van der Waals surface area contributed by atoms with Crippen molar-refractivity contribution in [2.45, 2.75) is 47.6 Å². The Hall–Kier alpha value is -3.42. The summed E-state index contributed by atoms with van der Waals surface area (Å²) in [6, 6.07) is 5.30. The van der Waals surface area contributed by atoms with Crippen LogP contribution in [0.1, 0.15) is 42.4 Å². The van der Waals surface area contributed by atoms with Gasteiger partial charge in [-0.1, -0.05) is 6.07 Å². The van der Waals surface area contributed by atoms with Gasteiger partial charge < -0.3 is 0 Å². The van der Waals surface area contributed by atoms with Gasteiger partial charge in [0.05, 0.1) is 6.04 Å². The van der Waals surface area contributed by atoms with Crippen molar-refractivity contribution in [2.75, 3.05) is 0 Å². The first-order valence-electron chi connectivity index (χ1n) is 9.86. The van der Waals surface area contributed by atoms with Crippen LogP contribution in [0, 0.1) is 27.7 Å². The molecule has 3 heterocycles. The first-order chi connectivity index (χ1) is 14.1. The minimum atomic E-state index is -0.852. The predicted molar refractivity (Wildman–Crippen MR) is 116 cm³/mol. The third-order valence-electron chi connectivity index (χ3n) is 6.19. The molecule has 156 valence electrons. The Bertz CT molecular complexity index is 1480. The number of rotatable bonds is 3. The number of nitrogens with zero attached hydrogens (tertiary/aromatic N) is 5. The SMILES string of the molecule is CC(=O)C(C)n1c(=O)c2c(nc3n(-c4ccc(C)c(C)c4)c(C)c(C)n23)n(C)c1=O. The molecule has 8 heteroatoms. The molecule has 0 aliphatic heterocycles. The predicted octanol–water partition coefficient (Wildman–Crippen LogP) is 2.52. The van der Waals surface area contributed by atoms with Gasteiger partial charge in [0.2, 0.25) is 5.78 Å². The van der Waals surface area contributed by atoms with Crippen LogP contribution in [0.4, 0.5) is 0 Å². The molecule has 0 aliphatic carbocycles. The van der Waals surface area contributed by atoms with Gasteiger partial charge in [0.15, 0.2) is 16.9 Å². The number of ketones is 1. The molecule has 0 fully saturated rings. The van der Waals surface area contributed by atoms with Crippen molar-refractivity contribution < 1.29 is 4.79 Å². The summed E-state index contributed by atoms with van der Waals surface area (Å²) in [4.78, 5) is 42.8. The Morgan fingerprint density at radius 1 is 1.03 bits per heavy atom.